The third-order valence-electron chi connectivity index (χ3n) is 2.43. The van der Waals surface area contributed by atoms with Gasteiger partial charge in [-0.05, 0) is 25.3 Å². The van der Waals surface area contributed by atoms with E-state index in [4.69, 9.17) is 0 Å². The Morgan fingerprint density at radius 1 is 1.46 bits per heavy atom. The Morgan fingerprint density at radius 3 is 2.92 bits per heavy atom. The predicted molar refractivity (Wildman–Crippen MR) is 51.0 cm³/mol. The maximum absolute atomic E-state index is 13.4. The second kappa shape index (κ2) is 3.46. The summed E-state index contributed by atoms with van der Waals surface area (Å²) in [6, 6.07) is 6.19. The topological polar surface area (TPSA) is 12.0 Å². The first-order chi connectivity index (χ1) is 6.27. The molecule has 2 heteroatoms. The van der Waals surface area contributed by atoms with E-state index >= 15 is 0 Å². The van der Waals surface area contributed by atoms with Crippen molar-refractivity contribution < 1.29 is 4.39 Å². The first-order valence-electron chi connectivity index (χ1n) is 4.75. The smallest absolute Gasteiger partial charge is 0.130 e. The van der Waals surface area contributed by atoms with Crippen LogP contribution >= 0.6 is 0 Å². The van der Waals surface area contributed by atoms with Crippen LogP contribution in [0.5, 0.6) is 0 Å². The Kier molecular flexibility index (Phi) is 2.32. The van der Waals surface area contributed by atoms with E-state index in [2.05, 4.69) is 5.32 Å². The van der Waals surface area contributed by atoms with Crippen molar-refractivity contribution in [2.24, 2.45) is 0 Å². The zero-order valence-corrected chi connectivity index (χ0v) is 7.81. The van der Waals surface area contributed by atoms with Crippen molar-refractivity contribution in [3.63, 3.8) is 0 Å². The van der Waals surface area contributed by atoms with E-state index in [9.17, 15) is 4.39 Å². The van der Waals surface area contributed by atoms with E-state index in [1.807, 2.05) is 12.1 Å². The maximum Gasteiger partial charge on any atom is 0.130 e. The SMILES string of the molecule is Cc1cccc(CNC2CC2)c1F. The molecule has 2 rings (SSSR count). The minimum atomic E-state index is -0.0596. The molecule has 0 unspecified atom stereocenters. The summed E-state index contributed by atoms with van der Waals surface area (Å²) in [6.45, 7) is 2.47. The van der Waals surface area contributed by atoms with E-state index in [0.29, 0.717) is 12.6 Å². The Labute approximate surface area is 78.0 Å². The number of aryl methyl sites for hydroxylation is 1. The second-order valence-corrected chi connectivity index (χ2v) is 3.70. The molecule has 1 saturated carbocycles. The summed E-state index contributed by atoms with van der Waals surface area (Å²) in [5.41, 5.74) is 1.52. The molecule has 1 aliphatic rings. The highest BCUT2D eigenvalue weighted by Gasteiger charge is 2.20. The quantitative estimate of drug-likeness (QED) is 0.751. The molecule has 0 spiro atoms. The molecule has 0 bridgehead atoms. The molecule has 1 aromatic carbocycles. The normalized spacial score (nSPS) is 16.2. The van der Waals surface area contributed by atoms with Gasteiger partial charge in [-0.2, -0.15) is 0 Å². The molecule has 0 aliphatic heterocycles. The van der Waals surface area contributed by atoms with Crippen LogP contribution in [-0.2, 0) is 6.54 Å². The minimum absolute atomic E-state index is 0.0596. The Morgan fingerprint density at radius 2 is 2.23 bits per heavy atom. The van der Waals surface area contributed by atoms with Gasteiger partial charge in [0.25, 0.3) is 0 Å². The molecule has 0 amide bonds. The molecular weight excluding hydrogens is 165 g/mol. The summed E-state index contributed by atoms with van der Waals surface area (Å²) in [6.07, 6.45) is 2.49. The van der Waals surface area contributed by atoms with Gasteiger partial charge in [-0.3, -0.25) is 0 Å². The fraction of sp³-hybridized carbons (Fsp3) is 0.455. The second-order valence-electron chi connectivity index (χ2n) is 3.70. The fourth-order valence-corrected chi connectivity index (χ4v) is 1.39. The highest BCUT2D eigenvalue weighted by Crippen LogP contribution is 2.20. The number of halogens is 1. The summed E-state index contributed by atoms with van der Waals surface area (Å²) in [5, 5.41) is 3.30. The molecule has 0 radical (unpaired) electrons. The molecule has 0 saturated heterocycles. The number of hydrogen-bond acceptors (Lipinski definition) is 1. The summed E-state index contributed by atoms with van der Waals surface area (Å²) in [4.78, 5) is 0. The largest absolute Gasteiger partial charge is 0.310 e. The van der Waals surface area contributed by atoms with E-state index < -0.39 is 0 Å². The van der Waals surface area contributed by atoms with Crippen LogP contribution in [-0.4, -0.2) is 6.04 Å². The highest BCUT2D eigenvalue weighted by molar-refractivity contribution is 5.24. The van der Waals surface area contributed by atoms with Crippen LogP contribution in [0.3, 0.4) is 0 Å². The van der Waals surface area contributed by atoms with Crippen LogP contribution < -0.4 is 5.32 Å². The number of rotatable bonds is 3. The molecule has 1 aromatic rings. The molecule has 0 atom stereocenters. The Balaban J connectivity index is 2.05. The van der Waals surface area contributed by atoms with Crippen molar-refractivity contribution in [3.05, 3.63) is 35.1 Å². The van der Waals surface area contributed by atoms with Gasteiger partial charge < -0.3 is 5.32 Å². The van der Waals surface area contributed by atoms with Gasteiger partial charge in [0.2, 0.25) is 0 Å². The average molecular weight is 179 g/mol. The lowest BCUT2D eigenvalue weighted by Crippen LogP contribution is -2.16. The number of hydrogen-bond donors (Lipinski definition) is 1. The molecule has 1 nitrogen and oxygen atoms in total. The average Bonchev–Trinajstić information content (AvgIpc) is 2.91. The molecule has 1 fully saturated rings. The standard InChI is InChI=1S/C11H14FN/c1-8-3-2-4-9(11(8)12)7-13-10-5-6-10/h2-4,10,13H,5-7H2,1H3. The van der Waals surface area contributed by atoms with Gasteiger partial charge in [-0.25, -0.2) is 4.39 Å². The van der Waals surface area contributed by atoms with Crippen molar-refractivity contribution in [2.75, 3.05) is 0 Å². The zero-order chi connectivity index (χ0) is 9.26. The van der Waals surface area contributed by atoms with Crippen molar-refractivity contribution in [2.45, 2.75) is 32.4 Å². The van der Waals surface area contributed by atoms with Crippen LogP contribution in [0.4, 0.5) is 4.39 Å². The Hall–Kier alpha value is -0.890. The monoisotopic (exact) mass is 179 g/mol. The molecular formula is C11H14FN. The van der Waals surface area contributed by atoms with Crippen LogP contribution in [0.2, 0.25) is 0 Å². The van der Waals surface area contributed by atoms with Crippen LogP contribution in [0.25, 0.3) is 0 Å². The van der Waals surface area contributed by atoms with Crippen molar-refractivity contribution in [3.8, 4) is 0 Å². The summed E-state index contributed by atoms with van der Waals surface area (Å²) < 4.78 is 13.4. The highest BCUT2D eigenvalue weighted by atomic mass is 19.1. The summed E-state index contributed by atoms with van der Waals surface area (Å²) >= 11 is 0. The third kappa shape index (κ3) is 2.07. The van der Waals surface area contributed by atoms with E-state index in [1.54, 1.807) is 13.0 Å². The zero-order valence-electron chi connectivity index (χ0n) is 7.81. The minimum Gasteiger partial charge on any atom is -0.310 e. The molecule has 13 heavy (non-hydrogen) atoms. The first-order valence-corrected chi connectivity index (χ1v) is 4.75. The van der Waals surface area contributed by atoms with E-state index in [-0.39, 0.29) is 5.82 Å². The van der Waals surface area contributed by atoms with E-state index in [0.717, 1.165) is 11.1 Å². The first kappa shape index (κ1) is 8.70. The van der Waals surface area contributed by atoms with Gasteiger partial charge in [0, 0.05) is 18.2 Å². The molecule has 0 heterocycles. The van der Waals surface area contributed by atoms with Gasteiger partial charge in [-0.1, -0.05) is 18.2 Å². The predicted octanol–water partition coefficient (Wildman–Crippen LogP) is 2.39. The third-order valence-corrected chi connectivity index (χ3v) is 2.43. The van der Waals surface area contributed by atoms with Crippen LogP contribution in [0.15, 0.2) is 18.2 Å². The van der Waals surface area contributed by atoms with Gasteiger partial charge in [0.1, 0.15) is 5.82 Å². The maximum atomic E-state index is 13.4. The van der Waals surface area contributed by atoms with Gasteiger partial charge in [0.15, 0.2) is 0 Å². The molecule has 1 aliphatic carbocycles. The van der Waals surface area contributed by atoms with E-state index in [1.165, 1.54) is 12.8 Å². The molecule has 0 aromatic heterocycles. The summed E-state index contributed by atoms with van der Waals surface area (Å²) in [7, 11) is 0. The lowest BCUT2D eigenvalue weighted by molar-refractivity contribution is 0.580. The number of nitrogens with one attached hydrogen (secondary N) is 1. The van der Waals surface area contributed by atoms with Crippen molar-refractivity contribution in [1.82, 2.24) is 5.32 Å². The van der Waals surface area contributed by atoms with Gasteiger partial charge >= 0.3 is 0 Å². The van der Waals surface area contributed by atoms with Crippen molar-refractivity contribution >= 4 is 0 Å². The van der Waals surface area contributed by atoms with Gasteiger partial charge in [-0.15, -0.1) is 0 Å². The van der Waals surface area contributed by atoms with Crippen molar-refractivity contribution in [1.29, 1.82) is 0 Å². The summed E-state index contributed by atoms with van der Waals surface area (Å²) in [5.74, 6) is -0.0596. The molecule has 1 N–H and O–H groups in total. The fourth-order valence-electron chi connectivity index (χ4n) is 1.39. The lowest BCUT2D eigenvalue weighted by atomic mass is 10.1. The Bertz CT molecular complexity index is 305. The molecule has 70 valence electrons. The lowest BCUT2D eigenvalue weighted by Gasteiger charge is -2.05. The van der Waals surface area contributed by atoms with Crippen LogP contribution in [0, 0.1) is 12.7 Å². The van der Waals surface area contributed by atoms with Crippen LogP contribution in [0.1, 0.15) is 24.0 Å². The number of benzene rings is 1. The van der Waals surface area contributed by atoms with Gasteiger partial charge in [0.05, 0.1) is 0 Å².